The van der Waals surface area contributed by atoms with Crippen LogP contribution in [0.15, 0.2) is 200 Å². The van der Waals surface area contributed by atoms with Crippen LogP contribution in [-0.2, 0) is 6.42 Å². The molecule has 262 valence electrons. The molecule has 56 heavy (non-hydrogen) atoms. The normalized spacial score (nSPS) is 11.9. The second kappa shape index (κ2) is 13.2. The molecule has 11 rings (SSSR count). The molecule has 0 unspecified atom stereocenters. The molecule has 1 aliphatic carbocycles. The van der Waals surface area contributed by atoms with E-state index in [-0.39, 0.29) is 0 Å². The van der Waals surface area contributed by atoms with E-state index in [2.05, 4.69) is 199 Å². The van der Waals surface area contributed by atoms with Gasteiger partial charge >= 0.3 is 0 Å². The van der Waals surface area contributed by atoms with E-state index in [1.807, 2.05) is 6.07 Å². The molecular formula is C53H35N3. The number of fused-ring (bicyclic) bond motifs is 6. The Labute approximate surface area is 325 Å². The highest BCUT2D eigenvalue weighted by molar-refractivity contribution is 6.09. The fourth-order valence-corrected chi connectivity index (χ4v) is 8.53. The molecule has 1 aliphatic rings. The standard InChI is InChI=1S/C53H35N3/c1-3-14-35(15-4-1)37-18-12-22-43(31-37)51-48-34-42-29-28-41(33-47(42)52(48)55-53(54-51)36-16-5-2-6-17-36)39-20-11-19-38(30-39)40-21-13-23-44(32-40)56-49-26-9-7-24-45(49)46-25-8-10-27-50(46)56/h1-33H,34H2. The fraction of sp³-hybridized carbons (Fsp3) is 0.0189. The first-order chi connectivity index (χ1) is 27.7. The molecule has 0 spiro atoms. The Balaban J connectivity index is 1.00. The average molecular weight is 714 g/mol. The summed E-state index contributed by atoms with van der Waals surface area (Å²) in [6.45, 7) is 0. The Kier molecular flexibility index (Phi) is 7.56. The van der Waals surface area contributed by atoms with Crippen LogP contribution < -0.4 is 0 Å². The third kappa shape index (κ3) is 5.44. The molecule has 0 amide bonds. The van der Waals surface area contributed by atoms with Crippen molar-refractivity contribution in [1.29, 1.82) is 0 Å². The maximum absolute atomic E-state index is 5.30. The highest BCUT2D eigenvalue weighted by atomic mass is 15.0. The zero-order valence-electron chi connectivity index (χ0n) is 30.6. The molecule has 0 saturated heterocycles. The molecule has 2 heterocycles. The first-order valence-electron chi connectivity index (χ1n) is 19.2. The van der Waals surface area contributed by atoms with Crippen molar-refractivity contribution in [2.75, 3.05) is 0 Å². The molecule has 10 aromatic rings. The summed E-state index contributed by atoms with van der Waals surface area (Å²) in [5, 5.41) is 2.53. The molecule has 3 heteroatoms. The summed E-state index contributed by atoms with van der Waals surface area (Å²) < 4.78 is 2.38. The molecule has 0 fully saturated rings. The maximum Gasteiger partial charge on any atom is 0.160 e. The van der Waals surface area contributed by atoms with Gasteiger partial charge in [-0.1, -0.05) is 158 Å². The molecule has 2 aromatic heterocycles. The summed E-state index contributed by atoms with van der Waals surface area (Å²) in [5.74, 6) is 0.743. The SMILES string of the molecule is c1ccc(-c2cccc(-c3nc(-c4ccccc4)nc4c3Cc3ccc(-c5cccc(-c6cccc(-n7c8ccccc8c8ccccc87)c6)c5)cc3-4)c2)cc1. The Morgan fingerprint density at radius 1 is 0.357 bits per heavy atom. The number of nitrogens with zero attached hydrogens (tertiary/aromatic N) is 3. The fourth-order valence-electron chi connectivity index (χ4n) is 8.53. The van der Waals surface area contributed by atoms with Gasteiger partial charge in [-0.25, -0.2) is 9.97 Å². The minimum Gasteiger partial charge on any atom is -0.309 e. The average Bonchev–Trinajstić information content (AvgIpc) is 3.82. The lowest BCUT2D eigenvalue weighted by atomic mass is 9.96. The first-order valence-corrected chi connectivity index (χ1v) is 19.2. The lowest BCUT2D eigenvalue weighted by Gasteiger charge is -2.13. The van der Waals surface area contributed by atoms with Gasteiger partial charge in [0.15, 0.2) is 5.82 Å². The van der Waals surface area contributed by atoms with Crippen LogP contribution in [0, 0.1) is 0 Å². The van der Waals surface area contributed by atoms with E-state index in [0.717, 1.165) is 40.4 Å². The van der Waals surface area contributed by atoms with Crippen molar-refractivity contribution in [3.05, 3.63) is 211 Å². The summed E-state index contributed by atoms with van der Waals surface area (Å²) in [4.78, 5) is 10.6. The molecule has 8 aromatic carbocycles. The van der Waals surface area contributed by atoms with Crippen LogP contribution in [0.4, 0.5) is 0 Å². The molecule has 3 nitrogen and oxygen atoms in total. The first kappa shape index (κ1) is 32.1. The van der Waals surface area contributed by atoms with Crippen LogP contribution in [0.5, 0.6) is 0 Å². The summed E-state index contributed by atoms with van der Waals surface area (Å²) in [6.07, 6.45) is 0.792. The summed E-state index contributed by atoms with van der Waals surface area (Å²) in [5.41, 5.74) is 18.4. The van der Waals surface area contributed by atoms with E-state index in [9.17, 15) is 0 Å². The lowest BCUT2D eigenvalue weighted by molar-refractivity contribution is 1.13. The van der Waals surface area contributed by atoms with Gasteiger partial charge in [0.25, 0.3) is 0 Å². The zero-order chi connectivity index (χ0) is 37.0. The van der Waals surface area contributed by atoms with Crippen molar-refractivity contribution >= 4 is 21.8 Å². The molecule has 0 radical (unpaired) electrons. The predicted molar refractivity (Wildman–Crippen MR) is 232 cm³/mol. The largest absolute Gasteiger partial charge is 0.309 e. The van der Waals surface area contributed by atoms with Gasteiger partial charge in [-0.3, -0.25) is 0 Å². The van der Waals surface area contributed by atoms with Gasteiger partial charge < -0.3 is 4.57 Å². The van der Waals surface area contributed by atoms with E-state index in [1.165, 1.54) is 71.9 Å². The smallest absolute Gasteiger partial charge is 0.160 e. The highest BCUT2D eigenvalue weighted by Gasteiger charge is 2.27. The van der Waals surface area contributed by atoms with Crippen molar-refractivity contribution in [2.24, 2.45) is 0 Å². The molecule has 0 saturated carbocycles. The number of hydrogen-bond donors (Lipinski definition) is 0. The van der Waals surface area contributed by atoms with Crippen molar-refractivity contribution in [1.82, 2.24) is 14.5 Å². The van der Waals surface area contributed by atoms with Gasteiger partial charge in [0.1, 0.15) is 0 Å². The van der Waals surface area contributed by atoms with Crippen molar-refractivity contribution in [3.8, 4) is 73.0 Å². The number of hydrogen-bond acceptors (Lipinski definition) is 2. The third-order valence-electron chi connectivity index (χ3n) is 11.2. The van der Waals surface area contributed by atoms with E-state index in [1.54, 1.807) is 0 Å². The number of rotatable bonds is 6. The topological polar surface area (TPSA) is 30.7 Å². The maximum atomic E-state index is 5.30. The Morgan fingerprint density at radius 3 is 1.55 bits per heavy atom. The van der Waals surface area contributed by atoms with Crippen LogP contribution in [0.1, 0.15) is 11.1 Å². The minimum atomic E-state index is 0.743. The molecule has 0 N–H and O–H groups in total. The molecule has 0 atom stereocenters. The number of benzene rings is 8. The van der Waals surface area contributed by atoms with E-state index in [4.69, 9.17) is 9.97 Å². The molecule has 0 aliphatic heterocycles. The Hall–Kier alpha value is -7.36. The second-order valence-electron chi connectivity index (χ2n) is 14.6. The van der Waals surface area contributed by atoms with Gasteiger partial charge in [-0.2, -0.15) is 0 Å². The number of aromatic nitrogens is 3. The van der Waals surface area contributed by atoms with Crippen molar-refractivity contribution in [3.63, 3.8) is 0 Å². The van der Waals surface area contributed by atoms with E-state index in [0.29, 0.717) is 0 Å². The monoisotopic (exact) mass is 713 g/mol. The minimum absolute atomic E-state index is 0.743. The van der Waals surface area contributed by atoms with Crippen LogP contribution in [0.2, 0.25) is 0 Å². The van der Waals surface area contributed by atoms with Gasteiger partial charge in [-0.05, 0) is 81.4 Å². The van der Waals surface area contributed by atoms with Crippen LogP contribution in [0.3, 0.4) is 0 Å². The predicted octanol–water partition coefficient (Wildman–Crippen LogP) is 13.5. The highest BCUT2D eigenvalue weighted by Crippen LogP contribution is 2.43. The molecular weight excluding hydrogens is 679 g/mol. The van der Waals surface area contributed by atoms with Gasteiger partial charge in [-0.15, -0.1) is 0 Å². The van der Waals surface area contributed by atoms with Crippen LogP contribution in [0.25, 0.3) is 94.8 Å². The number of para-hydroxylation sites is 2. The third-order valence-corrected chi connectivity index (χ3v) is 11.2. The van der Waals surface area contributed by atoms with Gasteiger partial charge in [0.05, 0.1) is 22.4 Å². The Bertz CT molecular complexity index is 3050. The lowest BCUT2D eigenvalue weighted by Crippen LogP contribution is -1.99. The molecule has 0 bridgehead atoms. The quantitative estimate of drug-likeness (QED) is 0.172. The van der Waals surface area contributed by atoms with Crippen molar-refractivity contribution < 1.29 is 0 Å². The zero-order valence-corrected chi connectivity index (χ0v) is 30.6. The van der Waals surface area contributed by atoms with E-state index >= 15 is 0 Å². The van der Waals surface area contributed by atoms with Crippen LogP contribution >= 0.6 is 0 Å². The summed E-state index contributed by atoms with van der Waals surface area (Å²) >= 11 is 0. The second-order valence-corrected chi connectivity index (χ2v) is 14.6. The Morgan fingerprint density at radius 2 is 0.857 bits per heavy atom. The van der Waals surface area contributed by atoms with Crippen LogP contribution in [-0.4, -0.2) is 14.5 Å². The summed E-state index contributed by atoms with van der Waals surface area (Å²) in [7, 11) is 0. The van der Waals surface area contributed by atoms with Crippen molar-refractivity contribution in [2.45, 2.75) is 6.42 Å². The van der Waals surface area contributed by atoms with Gasteiger partial charge in [0, 0.05) is 45.1 Å². The van der Waals surface area contributed by atoms with E-state index < -0.39 is 0 Å². The van der Waals surface area contributed by atoms with Gasteiger partial charge in [0.2, 0.25) is 0 Å². The summed E-state index contributed by atoms with van der Waals surface area (Å²) in [6, 6.07) is 71.7.